The smallest absolute Gasteiger partial charge is 0.262 e. The van der Waals surface area contributed by atoms with Gasteiger partial charge in [0.15, 0.2) is 5.16 Å². The van der Waals surface area contributed by atoms with E-state index in [2.05, 4.69) is 34.7 Å². The number of carbonyl (C=O) groups excluding carboxylic acids is 2. The third-order valence-electron chi connectivity index (χ3n) is 5.11. The molecule has 1 aromatic carbocycles. The second-order valence-electron chi connectivity index (χ2n) is 8.89. The van der Waals surface area contributed by atoms with Crippen LogP contribution in [0.4, 0.5) is 0 Å². The maximum atomic E-state index is 13.3. The van der Waals surface area contributed by atoms with E-state index >= 15 is 0 Å². The monoisotopic (exact) mass is 472 g/mol. The van der Waals surface area contributed by atoms with Crippen molar-refractivity contribution in [3.8, 4) is 0 Å². The summed E-state index contributed by atoms with van der Waals surface area (Å²) < 4.78 is 3.28. The molecule has 0 saturated carbocycles. The minimum absolute atomic E-state index is 0.0243. The number of fused-ring (bicyclic) bond motifs is 3. The summed E-state index contributed by atoms with van der Waals surface area (Å²) >= 11 is 1.27. The number of rotatable bonds is 10. The topological polar surface area (TPSA) is 110 Å². The molecule has 0 bridgehead atoms. The molecule has 0 radical (unpaired) electrons. The van der Waals surface area contributed by atoms with Crippen molar-refractivity contribution in [3.63, 3.8) is 0 Å². The molecular formula is C23H32N6O3S. The number of aryl methyl sites for hydroxylation is 2. The lowest BCUT2D eigenvalue weighted by Gasteiger charge is -2.13. The number of benzene rings is 1. The number of carbonyl (C=O) groups is 2. The Morgan fingerprint density at radius 2 is 1.88 bits per heavy atom. The first-order valence-corrected chi connectivity index (χ1v) is 12.2. The van der Waals surface area contributed by atoms with Gasteiger partial charge in [-0.1, -0.05) is 37.2 Å². The van der Waals surface area contributed by atoms with E-state index in [1.54, 1.807) is 4.40 Å². The molecule has 3 rings (SSSR count). The van der Waals surface area contributed by atoms with Crippen LogP contribution in [0.15, 0.2) is 28.2 Å². The third-order valence-corrected chi connectivity index (χ3v) is 6.04. The van der Waals surface area contributed by atoms with Gasteiger partial charge in [-0.05, 0) is 45.2 Å². The van der Waals surface area contributed by atoms with Gasteiger partial charge < -0.3 is 10.6 Å². The van der Waals surface area contributed by atoms with Gasteiger partial charge in [0.25, 0.3) is 5.56 Å². The first-order valence-electron chi connectivity index (χ1n) is 11.2. The highest BCUT2D eigenvalue weighted by Crippen LogP contribution is 2.22. The molecule has 3 aromatic rings. The van der Waals surface area contributed by atoms with Crippen LogP contribution in [0.5, 0.6) is 0 Å². The highest BCUT2D eigenvalue weighted by molar-refractivity contribution is 7.99. The number of aromatic nitrogens is 4. The van der Waals surface area contributed by atoms with Crippen molar-refractivity contribution in [2.24, 2.45) is 5.92 Å². The van der Waals surface area contributed by atoms with Crippen LogP contribution in [0.25, 0.3) is 16.7 Å². The Kier molecular flexibility index (Phi) is 8.12. The summed E-state index contributed by atoms with van der Waals surface area (Å²) in [5, 5.41) is 15.3. The van der Waals surface area contributed by atoms with E-state index in [0.717, 1.165) is 12.0 Å². The Labute approximate surface area is 197 Å². The predicted octanol–water partition coefficient (Wildman–Crippen LogP) is 2.52. The summed E-state index contributed by atoms with van der Waals surface area (Å²) in [7, 11) is 0. The van der Waals surface area contributed by atoms with Crippen LogP contribution >= 0.6 is 11.8 Å². The molecule has 2 heterocycles. The van der Waals surface area contributed by atoms with Crippen molar-refractivity contribution in [3.05, 3.63) is 34.1 Å². The van der Waals surface area contributed by atoms with Gasteiger partial charge in [-0.2, -0.15) is 0 Å². The zero-order chi connectivity index (χ0) is 24.1. The van der Waals surface area contributed by atoms with Gasteiger partial charge in [-0.3, -0.25) is 23.4 Å². The molecule has 0 aliphatic rings. The van der Waals surface area contributed by atoms with Crippen molar-refractivity contribution >= 4 is 40.3 Å². The van der Waals surface area contributed by atoms with E-state index in [0.29, 0.717) is 34.3 Å². The molecule has 0 aliphatic heterocycles. The second-order valence-corrected chi connectivity index (χ2v) is 9.83. The van der Waals surface area contributed by atoms with Gasteiger partial charge >= 0.3 is 0 Å². The average molecular weight is 473 g/mol. The Hall–Kier alpha value is -2.88. The van der Waals surface area contributed by atoms with Gasteiger partial charge in [-0.25, -0.2) is 0 Å². The molecule has 0 saturated heterocycles. The first kappa shape index (κ1) is 24.8. The minimum Gasteiger partial charge on any atom is -0.355 e. The summed E-state index contributed by atoms with van der Waals surface area (Å²) in [6.45, 7) is 10.8. The summed E-state index contributed by atoms with van der Waals surface area (Å²) in [6.07, 6.45) is 1.07. The summed E-state index contributed by atoms with van der Waals surface area (Å²) in [4.78, 5) is 37.7. The molecule has 0 aliphatic carbocycles. The maximum Gasteiger partial charge on any atom is 0.262 e. The van der Waals surface area contributed by atoms with Gasteiger partial charge in [0.05, 0.1) is 16.7 Å². The zero-order valence-electron chi connectivity index (χ0n) is 19.8. The molecule has 178 valence electrons. The van der Waals surface area contributed by atoms with Crippen LogP contribution in [0, 0.1) is 12.8 Å². The van der Waals surface area contributed by atoms with E-state index in [-0.39, 0.29) is 42.1 Å². The Bertz CT molecular complexity index is 1210. The highest BCUT2D eigenvalue weighted by Gasteiger charge is 2.18. The lowest BCUT2D eigenvalue weighted by atomic mass is 10.1. The molecule has 9 nitrogen and oxygen atoms in total. The molecule has 2 amide bonds. The maximum absolute atomic E-state index is 13.3. The second kappa shape index (κ2) is 10.8. The quantitative estimate of drug-likeness (QED) is 0.439. The Morgan fingerprint density at radius 3 is 2.58 bits per heavy atom. The van der Waals surface area contributed by atoms with E-state index in [4.69, 9.17) is 0 Å². The largest absolute Gasteiger partial charge is 0.355 e. The molecule has 10 heteroatoms. The van der Waals surface area contributed by atoms with E-state index < -0.39 is 0 Å². The molecule has 0 atom stereocenters. The number of nitrogens with zero attached hydrogens (tertiary/aromatic N) is 4. The lowest BCUT2D eigenvalue weighted by molar-refractivity contribution is -0.122. The van der Waals surface area contributed by atoms with Crippen LogP contribution in [-0.2, 0) is 16.1 Å². The zero-order valence-corrected chi connectivity index (χ0v) is 20.7. The Morgan fingerprint density at radius 1 is 1.12 bits per heavy atom. The van der Waals surface area contributed by atoms with E-state index in [1.165, 1.54) is 16.3 Å². The van der Waals surface area contributed by atoms with Crippen LogP contribution in [0.2, 0.25) is 0 Å². The molecule has 2 N–H and O–H groups in total. The Balaban J connectivity index is 1.93. The van der Waals surface area contributed by atoms with E-state index in [9.17, 15) is 14.4 Å². The number of amides is 2. The highest BCUT2D eigenvalue weighted by atomic mass is 32.2. The van der Waals surface area contributed by atoms with Crippen molar-refractivity contribution in [2.75, 3.05) is 12.3 Å². The molecular weight excluding hydrogens is 440 g/mol. The van der Waals surface area contributed by atoms with E-state index in [1.807, 2.05) is 39.0 Å². The summed E-state index contributed by atoms with van der Waals surface area (Å²) in [6, 6.07) is 5.64. The van der Waals surface area contributed by atoms with Gasteiger partial charge in [0.2, 0.25) is 17.6 Å². The lowest BCUT2D eigenvalue weighted by Crippen LogP contribution is -2.32. The first-order chi connectivity index (χ1) is 15.7. The standard InChI is InChI=1S/C23H32N6O3S/c1-14(2)8-10-24-20(31)13-33-23-27-26-22-28(11-9-19(30)25-15(3)4)21(32)17-12-16(5)6-7-18(17)29(22)23/h6-7,12,14-15H,8-11,13H2,1-5H3,(H,24,31)(H,25,30). The van der Waals surface area contributed by atoms with Crippen LogP contribution < -0.4 is 16.2 Å². The van der Waals surface area contributed by atoms with Crippen LogP contribution in [0.3, 0.4) is 0 Å². The number of hydrogen-bond donors (Lipinski definition) is 2. The van der Waals surface area contributed by atoms with Crippen molar-refractivity contribution in [1.29, 1.82) is 0 Å². The van der Waals surface area contributed by atoms with Gasteiger partial charge in [0.1, 0.15) is 0 Å². The van der Waals surface area contributed by atoms with Crippen LogP contribution in [0.1, 0.15) is 46.1 Å². The van der Waals surface area contributed by atoms with Crippen molar-refractivity contribution in [1.82, 2.24) is 29.8 Å². The average Bonchev–Trinajstić information content (AvgIpc) is 3.15. The summed E-state index contributed by atoms with van der Waals surface area (Å²) in [5.41, 5.74) is 1.42. The summed E-state index contributed by atoms with van der Waals surface area (Å²) in [5.74, 6) is 0.870. The molecule has 0 unspecified atom stereocenters. The SMILES string of the molecule is Cc1ccc2c(c1)c(=O)n(CCC(=O)NC(C)C)c1nnc(SCC(=O)NCCC(C)C)n21. The molecule has 0 spiro atoms. The molecule has 0 fully saturated rings. The normalized spacial score (nSPS) is 11.6. The van der Waals surface area contributed by atoms with Crippen molar-refractivity contribution in [2.45, 2.75) is 65.2 Å². The van der Waals surface area contributed by atoms with Crippen molar-refractivity contribution < 1.29 is 9.59 Å². The third kappa shape index (κ3) is 6.13. The number of nitrogens with one attached hydrogen (secondary N) is 2. The fourth-order valence-corrected chi connectivity index (χ4v) is 4.25. The fourth-order valence-electron chi connectivity index (χ4n) is 3.48. The van der Waals surface area contributed by atoms with Gasteiger partial charge in [0, 0.05) is 25.6 Å². The predicted molar refractivity (Wildman–Crippen MR) is 131 cm³/mol. The fraction of sp³-hybridized carbons (Fsp3) is 0.522. The molecule has 33 heavy (non-hydrogen) atoms. The van der Waals surface area contributed by atoms with Gasteiger partial charge in [-0.15, -0.1) is 10.2 Å². The minimum atomic E-state index is -0.214. The van der Waals surface area contributed by atoms with Crippen LogP contribution in [-0.4, -0.2) is 49.3 Å². The number of hydrogen-bond acceptors (Lipinski definition) is 6. The number of thioether (sulfide) groups is 1. The molecule has 2 aromatic heterocycles.